The summed E-state index contributed by atoms with van der Waals surface area (Å²) in [6, 6.07) is 5.64. The first-order chi connectivity index (χ1) is 8.63. The maximum atomic E-state index is 5.57. The van der Waals surface area contributed by atoms with E-state index in [1.54, 1.807) is 6.26 Å². The van der Waals surface area contributed by atoms with Crippen molar-refractivity contribution in [1.82, 2.24) is 10.2 Å². The Morgan fingerprint density at radius 1 is 1.44 bits per heavy atom. The van der Waals surface area contributed by atoms with E-state index < -0.39 is 0 Å². The molecule has 3 unspecified atom stereocenters. The van der Waals surface area contributed by atoms with Crippen molar-refractivity contribution in [3.05, 3.63) is 24.2 Å². The predicted octanol–water partition coefficient (Wildman–Crippen LogP) is 3.05. The van der Waals surface area contributed by atoms with E-state index in [9.17, 15) is 0 Å². The number of hydrogen-bond acceptors (Lipinski definition) is 3. The smallest absolute Gasteiger partial charge is 0.120 e. The molecule has 1 saturated heterocycles. The maximum absolute atomic E-state index is 5.57. The molecule has 0 bridgehead atoms. The first kappa shape index (κ1) is 13.6. The standard InChI is InChI=1S/C15H26N2O/c1-5-13-9-16-14(11(2)3)10-17(13)12(4)15-7-6-8-18-15/h6-8,11-14,16H,5,9-10H2,1-4H3. The highest BCUT2D eigenvalue weighted by molar-refractivity contribution is 5.05. The van der Waals surface area contributed by atoms with E-state index in [4.69, 9.17) is 4.42 Å². The molecule has 2 heterocycles. The third kappa shape index (κ3) is 2.78. The van der Waals surface area contributed by atoms with Crippen LogP contribution in [0.25, 0.3) is 0 Å². The Balaban J connectivity index is 2.10. The van der Waals surface area contributed by atoms with Crippen LogP contribution in [0.15, 0.2) is 22.8 Å². The fraction of sp³-hybridized carbons (Fsp3) is 0.733. The average Bonchev–Trinajstić information content (AvgIpc) is 2.90. The third-order valence-corrected chi connectivity index (χ3v) is 4.22. The van der Waals surface area contributed by atoms with Gasteiger partial charge in [-0.3, -0.25) is 4.90 Å². The molecule has 1 N–H and O–H groups in total. The van der Waals surface area contributed by atoms with E-state index in [-0.39, 0.29) is 0 Å². The van der Waals surface area contributed by atoms with E-state index in [0.717, 1.165) is 18.8 Å². The van der Waals surface area contributed by atoms with Crippen molar-refractivity contribution in [3.8, 4) is 0 Å². The molecule has 1 aliphatic rings. The highest BCUT2D eigenvalue weighted by atomic mass is 16.3. The Bertz CT molecular complexity index is 347. The molecule has 1 aliphatic heterocycles. The van der Waals surface area contributed by atoms with Gasteiger partial charge in [0.1, 0.15) is 5.76 Å². The van der Waals surface area contributed by atoms with Crippen LogP contribution in [-0.2, 0) is 0 Å². The third-order valence-electron chi connectivity index (χ3n) is 4.22. The second-order valence-electron chi connectivity index (χ2n) is 5.71. The van der Waals surface area contributed by atoms with Crippen molar-refractivity contribution in [2.75, 3.05) is 13.1 Å². The normalized spacial score (nSPS) is 27.6. The summed E-state index contributed by atoms with van der Waals surface area (Å²) < 4.78 is 5.57. The highest BCUT2D eigenvalue weighted by Crippen LogP contribution is 2.27. The molecule has 1 aromatic rings. The molecule has 0 aromatic carbocycles. The van der Waals surface area contributed by atoms with Crippen molar-refractivity contribution in [2.24, 2.45) is 5.92 Å². The van der Waals surface area contributed by atoms with Gasteiger partial charge in [-0.1, -0.05) is 20.8 Å². The molecule has 2 rings (SSSR count). The Labute approximate surface area is 111 Å². The van der Waals surface area contributed by atoms with Crippen LogP contribution >= 0.6 is 0 Å². The Morgan fingerprint density at radius 3 is 2.78 bits per heavy atom. The van der Waals surface area contributed by atoms with Gasteiger partial charge in [0, 0.05) is 25.2 Å². The molecule has 3 nitrogen and oxygen atoms in total. The summed E-state index contributed by atoms with van der Waals surface area (Å²) in [4.78, 5) is 2.60. The Kier molecular flexibility index (Phi) is 4.46. The molecule has 3 heteroatoms. The van der Waals surface area contributed by atoms with Gasteiger partial charge in [0.25, 0.3) is 0 Å². The lowest BCUT2D eigenvalue weighted by Gasteiger charge is -2.44. The van der Waals surface area contributed by atoms with Gasteiger partial charge in [-0.05, 0) is 31.4 Å². The molecule has 0 spiro atoms. The molecule has 102 valence electrons. The summed E-state index contributed by atoms with van der Waals surface area (Å²) in [5, 5.41) is 3.68. The second-order valence-corrected chi connectivity index (χ2v) is 5.71. The fourth-order valence-corrected chi connectivity index (χ4v) is 2.84. The largest absolute Gasteiger partial charge is 0.468 e. The van der Waals surface area contributed by atoms with Crippen LogP contribution in [0.2, 0.25) is 0 Å². The predicted molar refractivity (Wildman–Crippen MR) is 74.5 cm³/mol. The molecular weight excluding hydrogens is 224 g/mol. The zero-order valence-corrected chi connectivity index (χ0v) is 12.0. The lowest BCUT2D eigenvalue weighted by Crippen LogP contribution is -2.58. The Hall–Kier alpha value is -0.800. The molecule has 18 heavy (non-hydrogen) atoms. The fourth-order valence-electron chi connectivity index (χ4n) is 2.84. The summed E-state index contributed by atoms with van der Waals surface area (Å²) in [5.41, 5.74) is 0. The minimum atomic E-state index is 0.369. The van der Waals surface area contributed by atoms with Gasteiger partial charge >= 0.3 is 0 Å². The van der Waals surface area contributed by atoms with Gasteiger partial charge in [-0.25, -0.2) is 0 Å². The van der Waals surface area contributed by atoms with Crippen molar-refractivity contribution in [3.63, 3.8) is 0 Å². The number of nitrogens with one attached hydrogen (secondary N) is 1. The number of nitrogens with zero attached hydrogens (tertiary/aromatic N) is 1. The SMILES string of the molecule is CCC1CNC(C(C)C)CN1C(C)c1ccco1. The van der Waals surface area contributed by atoms with E-state index in [1.165, 1.54) is 6.42 Å². The molecule has 1 fully saturated rings. The summed E-state index contributed by atoms with van der Waals surface area (Å²) in [5.74, 6) is 1.76. The van der Waals surface area contributed by atoms with E-state index in [1.807, 2.05) is 6.07 Å². The quantitative estimate of drug-likeness (QED) is 0.890. The summed E-state index contributed by atoms with van der Waals surface area (Å²) in [7, 11) is 0. The second kappa shape index (κ2) is 5.89. The molecule has 0 aliphatic carbocycles. The molecule has 0 saturated carbocycles. The first-order valence-electron chi connectivity index (χ1n) is 7.16. The van der Waals surface area contributed by atoms with Crippen LogP contribution in [0.4, 0.5) is 0 Å². The average molecular weight is 250 g/mol. The van der Waals surface area contributed by atoms with E-state index >= 15 is 0 Å². The van der Waals surface area contributed by atoms with Gasteiger partial charge in [0.05, 0.1) is 12.3 Å². The maximum Gasteiger partial charge on any atom is 0.120 e. The van der Waals surface area contributed by atoms with Gasteiger partial charge in [0.2, 0.25) is 0 Å². The van der Waals surface area contributed by atoms with Crippen molar-refractivity contribution < 1.29 is 4.42 Å². The van der Waals surface area contributed by atoms with Crippen LogP contribution in [0.3, 0.4) is 0 Å². The van der Waals surface area contributed by atoms with Gasteiger partial charge < -0.3 is 9.73 Å². The van der Waals surface area contributed by atoms with Crippen molar-refractivity contribution >= 4 is 0 Å². The van der Waals surface area contributed by atoms with Crippen LogP contribution < -0.4 is 5.32 Å². The summed E-state index contributed by atoms with van der Waals surface area (Å²) in [6.07, 6.45) is 2.96. The number of furan rings is 1. The molecule has 3 atom stereocenters. The van der Waals surface area contributed by atoms with Gasteiger partial charge in [-0.15, -0.1) is 0 Å². The monoisotopic (exact) mass is 250 g/mol. The van der Waals surface area contributed by atoms with Crippen LogP contribution in [0.1, 0.15) is 45.9 Å². The Morgan fingerprint density at radius 2 is 2.22 bits per heavy atom. The lowest BCUT2D eigenvalue weighted by molar-refractivity contribution is 0.0645. The topological polar surface area (TPSA) is 28.4 Å². The van der Waals surface area contributed by atoms with Crippen molar-refractivity contribution in [1.29, 1.82) is 0 Å². The van der Waals surface area contributed by atoms with Crippen LogP contribution in [0, 0.1) is 5.92 Å². The number of rotatable bonds is 4. The van der Waals surface area contributed by atoms with Crippen molar-refractivity contribution in [2.45, 2.75) is 52.2 Å². The molecular formula is C15H26N2O. The summed E-state index contributed by atoms with van der Waals surface area (Å²) >= 11 is 0. The number of hydrogen-bond donors (Lipinski definition) is 1. The van der Waals surface area contributed by atoms with E-state index in [0.29, 0.717) is 24.0 Å². The van der Waals surface area contributed by atoms with Gasteiger partial charge in [0.15, 0.2) is 0 Å². The summed E-state index contributed by atoms with van der Waals surface area (Å²) in [6.45, 7) is 11.3. The zero-order chi connectivity index (χ0) is 13.1. The first-order valence-corrected chi connectivity index (χ1v) is 7.16. The highest BCUT2D eigenvalue weighted by Gasteiger charge is 2.32. The lowest BCUT2D eigenvalue weighted by atomic mass is 9.96. The molecule has 1 aromatic heterocycles. The van der Waals surface area contributed by atoms with Gasteiger partial charge in [-0.2, -0.15) is 0 Å². The number of piperazine rings is 1. The zero-order valence-electron chi connectivity index (χ0n) is 12.0. The van der Waals surface area contributed by atoms with Crippen LogP contribution in [-0.4, -0.2) is 30.1 Å². The minimum absolute atomic E-state index is 0.369. The minimum Gasteiger partial charge on any atom is -0.468 e. The molecule has 0 radical (unpaired) electrons. The van der Waals surface area contributed by atoms with E-state index in [2.05, 4.69) is 44.0 Å². The van der Waals surface area contributed by atoms with Crippen LogP contribution in [0.5, 0.6) is 0 Å². The molecule has 0 amide bonds.